The van der Waals surface area contributed by atoms with Crippen molar-refractivity contribution in [3.8, 4) is 5.88 Å². The van der Waals surface area contributed by atoms with Crippen molar-refractivity contribution in [1.82, 2.24) is 10.3 Å². The van der Waals surface area contributed by atoms with E-state index in [0.717, 1.165) is 0 Å². The molecular formula is C14H22Cl2F3N3O2. The minimum absolute atomic E-state index is 0. The summed E-state index contributed by atoms with van der Waals surface area (Å²) >= 11 is 0. The lowest BCUT2D eigenvalue weighted by Crippen LogP contribution is -2.41. The first-order chi connectivity index (χ1) is 10.2. The zero-order valence-corrected chi connectivity index (χ0v) is 14.9. The molecule has 0 saturated carbocycles. The summed E-state index contributed by atoms with van der Waals surface area (Å²) in [5.41, 5.74) is 6.31. The normalized spacial score (nSPS) is 12.0. The van der Waals surface area contributed by atoms with E-state index >= 15 is 0 Å². The molecule has 0 bridgehead atoms. The van der Waals surface area contributed by atoms with Gasteiger partial charge in [-0.1, -0.05) is 13.8 Å². The van der Waals surface area contributed by atoms with Crippen molar-refractivity contribution in [1.29, 1.82) is 0 Å². The van der Waals surface area contributed by atoms with Gasteiger partial charge in [0.2, 0.25) is 11.8 Å². The number of carbonyl (C=O) groups excluding carboxylic acids is 1. The first kappa shape index (κ1) is 25.0. The van der Waals surface area contributed by atoms with Crippen LogP contribution in [-0.4, -0.2) is 29.7 Å². The van der Waals surface area contributed by atoms with Crippen LogP contribution in [0.1, 0.15) is 25.8 Å². The Balaban J connectivity index is 0. The first-order valence-electron chi connectivity index (χ1n) is 6.85. The highest BCUT2D eigenvalue weighted by Crippen LogP contribution is 2.17. The zero-order valence-electron chi connectivity index (χ0n) is 13.3. The van der Waals surface area contributed by atoms with Gasteiger partial charge in [-0.15, -0.1) is 24.8 Å². The molecule has 1 heterocycles. The van der Waals surface area contributed by atoms with Crippen molar-refractivity contribution in [2.75, 3.05) is 6.61 Å². The third-order valence-electron chi connectivity index (χ3n) is 2.71. The molecule has 5 nitrogen and oxygen atoms in total. The van der Waals surface area contributed by atoms with E-state index < -0.39 is 18.8 Å². The Kier molecular flexibility index (Phi) is 11.8. The van der Waals surface area contributed by atoms with Crippen LogP contribution in [0.3, 0.4) is 0 Å². The van der Waals surface area contributed by atoms with Crippen LogP contribution in [0.15, 0.2) is 18.3 Å². The van der Waals surface area contributed by atoms with Crippen LogP contribution in [-0.2, 0) is 11.3 Å². The Bertz CT molecular complexity index is 502. The molecule has 24 heavy (non-hydrogen) atoms. The summed E-state index contributed by atoms with van der Waals surface area (Å²) in [7, 11) is 0. The van der Waals surface area contributed by atoms with Gasteiger partial charge in [0.25, 0.3) is 0 Å². The lowest BCUT2D eigenvalue weighted by Gasteiger charge is -2.14. The number of nitrogens with zero attached hydrogens (tertiary/aromatic N) is 1. The molecule has 0 unspecified atom stereocenters. The first-order valence-corrected chi connectivity index (χ1v) is 6.85. The second-order valence-electron chi connectivity index (χ2n) is 5.36. The Hall–Kier alpha value is -1.25. The summed E-state index contributed by atoms with van der Waals surface area (Å²) in [6.07, 6.45) is -2.54. The molecule has 1 atom stereocenters. The van der Waals surface area contributed by atoms with Gasteiger partial charge < -0.3 is 15.8 Å². The molecule has 1 aromatic rings. The van der Waals surface area contributed by atoms with E-state index in [0.29, 0.717) is 17.9 Å². The number of nitrogens with two attached hydrogens (primary N) is 1. The molecule has 0 saturated heterocycles. The van der Waals surface area contributed by atoms with Gasteiger partial charge in [-0.3, -0.25) is 4.79 Å². The van der Waals surface area contributed by atoms with Gasteiger partial charge >= 0.3 is 6.18 Å². The number of hydrogen-bond acceptors (Lipinski definition) is 4. The van der Waals surface area contributed by atoms with Gasteiger partial charge in [-0.05, 0) is 24.0 Å². The summed E-state index contributed by atoms with van der Waals surface area (Å²) < 4.78 is 40.7. The number of nitrogens with one attached hydrogen (secondary N) is 1. The highest BCUT2D eigenvalue weighted by molar-refractivity contribution is 5.85. The summed E-state index contributed by atoms with van der Waals surface area (Å²) in [5.74, 6) is -0.150. The van der Waals surface area contributed by atoms with Crippen LogP contribution in [0.5, 0.6) is 5.88 Å². The summed E-state index contributed by atoms with van der Waals surface area (Å²) in [6.45, 7) is 2.66. The number of hydrogen-bond donors (Lipinski definition) is 2. The fraction of sp³-hybridized carbons (Fsp3) is 0.571. The molecule has 0 fully saturated rings. The molecule has 0 radical (unpaired) electrons. The fourth-order valence-corrected chi connectivity index (χ4v) is 1.73. The minimum atomic E-state index is -4.42. The molecule has 10 heteroatoms. The highest BCUT2D eigenvalue weighted by atomic mass is 35.5. The number of carbonyl (C=O) groups is 1. The van der Waals surface area contributed by atoms with E-state index in [1.807, 2.05) is 13.8 Å². The average molecular weight is 392 g/mol. The zero-order chi connectivity index (χ0) is 16.8. The van der Waals surface area contributed by atoms with Gasteiger partial charge in [0.05, 0.1) is 6.04 Å². The van der Waals surface area contributed by atoms with Crippen LogP contribution in [0.25, 0.3) is 0 Å². The van der Waals surface area contributed by atoms with E-state index in [-0.39, 0.29) is 43.1 Å². The number of alkyl halides is 3. The number of ether oxygens (including phenoxy) is 1. The smallest absolute Gasteiger partial charge is 0.422 e. The molecule has 1 aromatic heterocycles. The fourth-order valence-electron chi connectivity index (χ4n) is 1.73. The van der Waals surface area contributed by atoms with Crippen LogP contribution in [0.4, 0.5) is 13.2 Å². The van der Waals surface area contributed by atoms with Gasteiger partial charge in [0.15, 0.2) is 6.61 Å². The second kappa shape index (κ2) is 11.3. The standard InChI is InChI=1S/C14H20F3N3O2.2ClH/c1-9(2)5-11(18)13(21)20-7-10-3-4-19-12(6-10)22-8-14(15,16)17;;/h3-4,6,9,11H,5,7-8,18H2,1-2H3,(H,20,21);2*1H/t11-;;/m0../s1. The number of aromatic nitrogens is 1. The molecule has 1 rings (SSSR count). The third kappa shape index (κ3) is 10.5. The Morgan fingerprint density at radius 2 is 2.00 bits per heavy atom. The molecule has 0 aliphatic heterocycles. The molecule has 0 aromatic carbocycles. The van der Waals surface area contributed by atoms with Crippen molar-refractivity contribution in [3.63, 3.8) is 0 Å². The molecule has 0 aliphatic rings. The van der Waals surface area contributed by atoms with Crippen molar-refractivity contribution < 1.29 is 22.7 Å². The van der Waals surface area contributed by atoms with Crippen LogP contribution >= 0.6 is 24.8 Å². The maximum atomic E-state index is 12.1. The van der Waals surface area contributed by atoms with E-state index in [2.05, 4.69) is 15.0 Å². The summed E-state index contributed by atoms with van der Waals surface area (Å²) in [6, 6.07) is 2.32. The van der Waals surface area contributed by atoms with Crippen LogP contribution in [0.2, 0.25) is 0 Å². The molecule has 140 valence electrons. The Morgan fingerprint density at radius 3 is 2.54 bits per heavy atom. The molecule has 3 N–H and O–H groups in total. The largest absolute Gasteiger partial charge is 0.468 e. The minimum Gasteiger partial charge on any atom is -0.468 e. The van der Waals surface area contributed by atoms with Crippen LogP contribution in [0, 0.1) is 5.92 Å². The number of halogens is 5. The lowest BCUT2D eigenvalue weighted by atomic mass is 10.0. The van der Waals surface area contributed by atoms with E-state index in [1.165, 1.54) is 12.3 Å². The van der Waals surface area contributed by atoms with E-state index in [1.54, 1.807) is 6.07 Å². The maximum absolute atomic E-state index is 12.1. The predicted octanol–water partition coefficient (Wildman–Crippen LogP) is 2.86. The van der Waals surface area contributed by atoms with Crippen molar-refractivity contribution in [3.05, 3.63) is 23.9 Å². The van der Waals surface area contributed by atoms with Gasteiger partial charge in [-0.2, -0.15) is 13.2 Å². The molecule has 1 amide bonds. The van der Waals surface area contributed by atoms with Crippen molar-refractivity contribution in [2.45, 2.75) is 39.0 Å². The van der Waals surface area contributed by atoms with Gasteiger partial charge in [-0.25, -0.2) is 4.98 Å². The number of rotatable bonds is 7. The SMILES string of the molecule is CC(C)C[C@H](N)C(=O)NCc1ccnc(OCC(F)(F)F)c1.Cl.Cl. The molecular weight excluding hydrogens is 370 g/mol. The van der Waals surface area contributed by atoms with Crippen LogP contribution < -0.4 is 15.8 Å². The van der Waals surface area contributed by atoms with Crippen molar-refractivity contribution in [2.24, 2.45) is 11.7 Å². The Morgan fingerprint density at radius 1 is 1.38 bits per heavy atom. The molecule has 0 aliphatic carbocycles. The molecule has 0 spiro atoms. The third-order valence-corrected chi connectivity index (χ3v) is 2.71. The Labute approximate surface area is 151 Å². The van der Waals surface area contributed by atoms with Crippen molar-refractivity contribution >= 4 is 30.7 Å². The van der Waals surface area contributed by atoms with Gasteiger partial charge in [0, 0.05) is 18.8 Å². The maximum Gasteiger partial charge on any atom is 0.422 e. The van der Waals surface area contributed by atoms with E-state index in [9.17, 15) is 18.0 Å². The van der Waals surface area contributed by atoms with E-state index in [4.69, 9.17) is 5.73 Å². The topological polar surface area (TPSA) is 77.2 Å². The predicted molar refractivity (Wildman–Crippen MR) is 89.6 cm³/mol. The average Bonchev–Trinajstić information content (AvgIpc) is 2.41. The number of pyridine rings is 1. The lowest BCUT2D eigenvalue weighted by molar-refractivity contribution is -0.154. The monoisotopic (exact) mass is 391 g/mol. The van der Waals surface area contributed by atoms with Gasteiger partial charge in [0.1, 0.15) is 0 Å². The quantitative estimate of drug-likeness (QED) is 0.748. The summed E-state index contributed by atoms with van der Waals surface area (Å²) in [4.78, 5) is 15.4. The highest BCUT2D eigenvalue weighted by Gasteiger charge is 2.28. The number of amides is 1. The summed E-state index contributed by atoms with van der Waals surface area (Å²) in [5, 5.41) is 2.63. The second-order valence-corrected chi connectivity index (χ2v) is 5.36.